The van der Waals surface area contributed by atoms with Crippen molar-refractivity contribution in [3.05, 3.63) is 89.5 Å². The molecule has 9 heteroatoms. The van der Waals surface area contributed by atoms with Crippen LogP contribution in [0, 0.1) is 0 Å². The van der Waals surface area contributed by atoms with Crippen LogP contribution in [-0.2, 0) is 12.7 Å². The van der Waals surface area contributed by atoms with Crippen molar-refractivity contribution < 1.29 is 27.5 Å². The standard InChI is InChI=1S/C26H24F3N3O3/c1-35-23-13-3-18(4-14-23)17-31-15-2-16-32(25(31)34)22-11-9-21(10-12-22)30-24(33)19-5-7-20(8-6-19)26(27,28)29/h3-14H,2,15-17H2,1H3,(H,30,33). The number of hydrogen-bond acceptors (Lipinski definition) is 3. The molecule has 1 saturated heterocycles. The number of benzene rings is 3. The number of halogens is 3. The minimum Gasteiger partial charge on any atom is -0.497 e. The molecule has 3 amide bonds. The molecule has 6 nitrogen and oxygen atoms in total. The summed E-state index contributed by atoms with van der Waals surface area (Å²) in [5.41, 5.74) is 1.47. The molecule has 1 aliphatic rings. The highest BCUT2D eigenvalue weighted by molar-refractivity contribution is 6.04. The third-order valence-electron chi connectivity index (χ3n) is 5.75. The zero-order chi connectivity index (χ0) is 25.0. The molecule has 1 heterocycles. The first kappa shape index (κ1) is 24.1. The molecule has 0 atom stereocenters. The minimum atomic E-state index is -4.46. The van der Waals surface area contributed by atoms with Crippen LogP contribution in [0.1, 0.15) is 27.9 Å². The number of carbonyl (C=O) groups excluding carboxylic acids is 2. The maximum atomic E-state index is 13.1. The van der Waals surface area contributed by atoms with Gasteiger partial charge in [0.05, 0.1) is 12.7 Å². The monoisotopic (exact) mass is 483 g/mol. The first-order chi connectivity index (χ1) is 16.7. The summed E-state index contributed by atoms with van der Waals surface area (Å²) in [7, 11) is 1.60. The summed E-state index contributed by atoms with van der Waals surface area (Å²) in [6, 6.07) is 18.3. The molecule has 0 unspecified atom stereocenters. The Kier molecular flexibility index (Phi) is 6.95. The van der Waals surface area contributed by atoms with Crippen LogP contribution in [0.4, 0.5) is 29.3 Å². The third kappa shape index (κ3) is 5.74. The van der Waals surface area contributed by atoms with Crippen molar-refractivity contribution in [2.24, 2.45) is 0 Å². The maximum absolute atomic E-state index is 13.1. The Labute approximate surface area is 200 Å². The zero-order valence-electron chi connectivity index (χ0n) is 19.0. The van der Waals surface area contributed by atoms with Crippen molar-refractivity contribution in [1.29, 1.82) is 0 Å². The van der Waals surface area contributed by atoms with Crippen molar-refractivity contribution in [3.63, 3.8) is 0 Å². The van der Waals surface area contributed by atoms with Crippen LogP contribution < -0.4 is 15.0 Å². The lowest BCUT2D eigenvalue weighted by molar-refractivity contribution is -0.137. The van der Waals surface area contributed by atoms with E-state index in [1.165, 1.54) is 0 Å². The second kappa shape index (κ2) is 10.1. The van der Waals surface area contributed by atoms with Crippen LogP contribution in [0.25, 0.3) is 0 Å². The van der Waals surface area contributed by atoms with Crippen molar-refractivity contribution in [2.45, 2.75) is 19.1 Å². The largest absolute Gasteiger partial charge is 0.497 e. The fraction of sp³-hybridized carbons (Fsp3) is 0.231. The number of methoxy groups -OCH3 is 1. The molecule has 1 fully saturated rings. The van der Waals surface area contributed by atoms with Crippen molar-refractivity contribution >= 4 is 23.3 Å². The van der Waals surface area contributed by atoms with E-state index in [9.17, 15) is 22.8 Å². The molecule has 0 aliphatic carbocycles. The van der Waals surface area contributed by atoms with Crippen LogP contribution in [-0.4, -0.2) is 37.0 Å². The first-order valence-corrected chi connectivity index (χ1v) is 11.0. The fourth-order valence-electron chi connectivity index (χ4n) is 3.86. The highest BCUT2D eigenvalue weighted by Crippen LogP contribution is 2.29. The van der Waals surface area contributed by atoms with Crippen molar-refractivity contribution in [2.75, 3.05) is 30.4 Å². The molecule has 4 rings (SSSR count). The average Bonchev–Trinajstić information content (AvgIpc) is 2.86. The minimum absolute atomic E-state index is 0.103. The topological polar surface area (TPSA) is 61.9 Å². The van der Waals surface area contributed by atoms with Crippen LogP contribution in [0.2, 0.25) is 0 Å². The molecule has 0 saturated carbocycles. The van der Waals surface area contributed by atoms with E-state index in [4.69, 9.17) is 4.74 Å². The number of urea groups is 1. The highest BCUT2D eigenvalue weighted by atomic mass is 19.4. The molecule has 0 radical (unpaired) electrons. The molecule has 1 aliphatic heterocycles. The van der Waals surface area contributed by atoms with Gasteiger partial charge in [-0.3, -0.25) is 9.69 Å². The second-order valence-electron chi connectivity index (χ2n) is 8.13. The summed E-state index contributed by atoms with van der Waals surface area (Å²) in [5, 5.41) is 2.66. The molecule has 0 spiro atoms. The van der Waals surface area contributed by atoms with E-state index in [0.29, 0.717) is 31.0 Å². The van der Waals surface area contributed by atoms with Crippen LogP contribution in [0.15, 0.2) is 72.8 Å². The van der Waals surface area contributed by atoms with E-state index < -0.39 is 17.6 Å². The number of carbonyl (C=O) groups is 2. The number of ether oxygens (including phenoxy) is 1. The maximum Gasteiger partial charge on any atom is 0.416 e. The summed E-state index contributed by atoms with van der Waals surface area (Å²) in [5.74, 6) is 0.233. The number of alkyl halides is 3. The second-order valence-corrected chi connectivity index (χ2v) is 8.13. The number of rotatable bonds is 6. The number of nitrogens with zero attached hydrogens (tertiary/aromatic N) is 2. The van der Waals surface area contributed by atoms with Gasteiger partial charge in [0.15, 0.2) is 0 Å². The van der Waals surface area contributed by atoms with Gasteiger partial charge in [-0.1, -0.05) is 12.1 Å². The normalized spacial score (nSPS) is 14.1. The van der Waals surface area contributed by atoms with E-state index in [1.807, 2.05) is 24.3 Å². The number of amides is 3. The molecule has 0 aromatic heterocycles. The Morgan fingerprint density at radius 3 is 2.20 bits per heavy atom. The van der Waals surface area contributed by atoms with E-state index in [1.54, 1.807) is 41.2 Å². The molecule has 0 bridgehead atoms. The Balaban J connectivity index is 1.39. The lowest BCUT2D eigenvalue weighted by atomic mass is 10.1. The Morgan fingerprint density at radius 1 is 0.943 bits per heavy atom. The van der Waals surface area contributed by atoms with E-state index >= 15 is 0 Å². The Bertz CT molecular complexity index is 1180. The molecule has 1 N–H and O–H groups in total. The summed E-state index contributed by atoms with van der Waals surface area (Å²) < 4.78 is 43.3. The predicted molar refractivity (Wildman–Crippen MR) is 127 cm³/mol. The summed E-state index contributed by atoms with van der Waals surface area (Å²) in [6.07, 6.45) is -3.64. The fourth-order valence-corrected chi connectivity index (χ4v) is 3.86. The van der Waals surface area contributed by atoms with E-state index in [0.717, 1.165) is 42.0 Å². The lowest BCUT2D eigenvalue weighted by Crippen LogP contribution is -2.49. The average molecular weight is 483 g/mol. The van der Waals surface area contributed by atoms with Gasteiger partial charge in [0.2, 0.25) is 0 Å². The molecular weight excluding hydrogens is 459 g/mol. The Morgan fingerprint density at radius 2 is 1.60 bits per heavy atom. The van der Waals surface area contributed by atoms with Gasteiger partial charge in [-0.05, 0) is 72.6 Å². The smallest absolute Gasteiger partial charge is 0.416 e. The SMILES string of the molecule is COc1ccc(CN2CCCN(c3ccc(NC(=O)c4ccc(C(F)(F)F)cc4)cc3)C2=O)cc1. The van der Waals surface area contributed by atoms with Crippen LogP contribution in [0.5, 0.6) is 5.75 Å². The third-order valence-corrected chi connectivity index (χ3v) is 5.75. The number of nitrogens with one attached hydrogen (secondary N) is 1. The van der Waals surface area contributed by atoms with Gasteiger partial charge in [0.1, 0.15) is 5.75 Å². The zero-order valence-corrected chi connectivity index (χ0v) is 19.0. The van der Waals surface area contributed by atoms with Crippen molar-refractivity contribution in [3.8, 4) is 5.75 Å². The van der Waals surface area contributed by atoms with Crippen LogP contribution >= 0.6 is 0 Å². The van der Waals surface area contributed by atoms with Gasteiger partial charge in [-0.2, -0.15) is 13.2 Å². The van der Waals surface area contributed by atoms with Gasteiger partial charge in [0.25, 0.3) is 5.91 Å². The summed E-state index contributed by atoms with van der Waals surface area (Å²) in [4.78, 5) is 28.9. The highest BCUT2D eigenvalue weighted by Gasteiger charge is 2.30. The van der Waals surface area contributed by atoms with Gasteiger partial charge < -0.3 is 15.0 Å². The predicted octanol–water partition coefficient (Wildman–Crippen LogP) is 5.80. The van der Waals surface area contributed by atoms with E-state index in [-0.39, 0.29) is 11.6 Å². The molecule has 3 aromatic rings. The number of hydrogen-bond donors (Lipinski definition) is 1. The molecule has 182 valence electrons. The van der Waals surface area contributed by atoms with Gasteiger partial charge >= 0.3 is 12.2 Å². The summed E-state index contributed by atoms with van der Waals surface area (Å²) >= 11 is 0. The lowest BCUT2D eigenvalue weighted by Gasteiger charge is -2.35. The van der Waals surface area contributed by atoms with Crippen LogP contribution in [0.3, 0.4) is 0 Å². The summed E-state index contributed by atoms with van der Waals surface area (Å²) in [6.45, 7) is 1.72. The number of anilines is 2. The van der Waals surface area contributed by atoms with E-state index in [2.05, 4.69) is 5.32 Å². The quantitative estimate of drug-likeness (QED) is 0.482. The molecular formula is C26H24F3N3O3. The van der Waals surface area contributed by atoms with Crippen molar-refractivity contribution in [1.82, 2.24) is 4.90 Å². The molecule has 3 aromatic carbocycles. The van der Waals surface area contributed by atoms with Gasteiger partial charge in [-0.15, -0.1) is 0 Å². The Hall–Kier alpha value is -4.01. The van der Waals surface area contributed by atoms with Gasteiger partial charge in [-0.25, -0.2) is 4.79 Å². The van der Waals surface area contributed by atoms with Gasteiger partial charge in [0, 0.05) is 36.6 Å². The first-order valence-electron chi connectivity index (χ1n) is 11.0. The molecule has 35 heavy (non-hydrogen) atoms.